The van der Waals surface area contributed by atoms with Gasteiger partial charge in [-0.15, -0.1) is 0 Å². The van der Waals surface area contributed by atoms with Crippen LogP contribution in [0.4, 0.5) is 4.79 Å². The van der Waals surface area contributed by atoms with Crippen molar-refractivity contribution >= 4 is 11.9 Å². The van der Waals surface area contributed by atoms with Crippen molar-refractivity contribution in [2.75, 3.05) is 26.4 Å². The third-order valence-corrected chi connectivity index (χ3v) is 7.22. The molecule has 1 aromatic carbocycles. The van der Waals surface area contributed by atoms with E-state index in [2.05, 4.69) is 29.3 Å². The van der Waals surface area contributed by atoms with Gasteiger partial charge in [-0.25, -0.2) is 9.69 Å². The van der Waals surface area contributed by atoms with Crippen molar-refractivity contribution < 1.29 is 19.1 Å². The van der Waals surface area contributed by atoms with Gasteiger partial charge in [0.25, 0.3) is 5.91 Å². The van der Waals surface area contributed by atoms with Gasteiger partial charge in [-0.05, 0) is 62.1 Å². The fraction of sp³-hybridized carbons (Fsp3) is 0.652. The van der Waals surface area contributed by atoms with E-state index in [4.69, 9.17) is 9.47 Å². The van der Waals surface area contributed by atoms with Gasteiger partial charge in [-0.1, -0.05) is 13.0 Å². The highest BCUT2D eigenvalue weighted by Crippen LogP contribution is 2.40. The van der Waals surface area contributed by atoms with E-state index in [-0.39, 0.29) is 18.0 Å². The van der Waals surface area contributed by atoms with Gasteiger partial charge in [0, 0.05) is 19.0 Å². The van der Waals surface area contributed by atoms with Gasteiger partial charge in [-0.3, -0.25) is 9.69 Å². The first-order valence-corrected chi connectivity index (χ1v) is 11.3. The molecule has 4 aliphatic rings. The minimum atomic E-state index is -0.673. The van der Waals surface area contributed by atoms with Crippen molar-refractivity contribution in [3.63, 3.8) is 0 Å². The van der Waals surface area contributed by atoms with E-state index in [1.54, 1.807) is 0 Å². The van der Waals surface area contributed by atoms with Crippen molar-refractivity contribution in [2.45, 2.75) is 63.5 Å². The van der Waals surface area contributed by atoms with Crippen molar-refractivity contribution in [3.05, 3.63) is 23.8 Å². The number of carbonyl (C=O) groups is 2. The number of rotatable bonds is 3. The largest absolute Gasteiger partial charge is 0.490 e. The second-order valence-electron chi connectivity index (χ2n) is 9.30. The molecule has 3 heterocycles. The summed E-state index contributed by atoms with van der Waals surface area (Å²) in [5, 5.41) is 3.04. The zero-order valence-corrected chi connectivity index (χ0v) is 17.7. The van der Waals surface area contributed by atoms with Crippen LogP contribution in [0.1, 0.15) is 63.5 Å². The predicted molar refractivity (Wildman–Crippen MR) is 111 cm³/mol. The molecule has 30 heavy (non-hydrogen) atoms. The number of carbonyl (C=O) groups excluding carboxylic acids is 2. The highest BCUT2D eigenvalue weighted by Gasteiger charge is 2.52. The Morgan fingerprint density at radius 1 is 1.07 bits per heavy atom. The van der Waals surface area contributed by atoms with Crippen LogP contribution in [0.15, 0.2) is 18.2 Å². The molecule has 3 aliphatic heterocycles. The molecule has 1 aromatic rings. The summed E-state index contributed by atoms with van der Waals surface area (Å²) >= 11 is 0. The van der Waals surface area contributed by atoms with Crippen molar-refractivity contribution in [3.8, 4) is 11.5 Å². The molecule has 1 atom stereocenters. The molecule has 0 bridgehead atoms. The SMILES string of the molecule is CC1CCC2(CC1)NC(=O)N(CN1CCCC1c1ccc3c(c1)OCCCO3)C2=O. The smallest absolute Gasteiger partial charge is 0.326 e. The average molecular weight is 414 g/mol. The minimum Gasteiger partial charge on any atom is -0.490 e. The molecule has 7 heteroatoms. The first-order chi connectivity index (χ1) is 14.6. The Morgan fingerprint density at radius 2 is 1.83 bits per heavy atom. The lowest BCUT2D eigenvalue weighted by molar-refractivity contribution is -0.134. The molecule has 1 saturated carbocycles. The molecule has 5 rings (SSSR count). The summed E-state index contributed by atoms with van der Waals surface area (Å²) in [4.78, 5) is 29.7. The standard InChI is InChI=1S/C23H31N3O4/c1-16-7-9-23(10-8-16)21(27)26(22(28)24-23)15-25-11-2-4-18(25)17-5-6-19-20(14-17)30-13-3-12-29-19/h5-6,14,16,18H,2-4,7-13,15H2,1H3,(H,24,28). The molecule has 2 saturated heterocycles. The van der Waals surface area contributed by atoms with Crippen LogP contribution in [0.25, 0.3) is 0 Å². The van der Waals surface area contributed by atoms with Gasteiger partial charge in [0.1, 0.15) is 5.54 Å². The maximum absolute atomic E-state index is 13.2. The zero-order chi connectivity index (χ0) is 20.7. The number of hydrogen-bond acceptors (Lipinski definition) is 5. The molecule has 1 unspecified atom stereocenters. The molecular weight excluding hydrogens is 382 g/mol. The summed E-state index contributed by atoms with van der Waals surface area (Å²) in [6, 6.07) is 6.08. The molecule has 0 radical (unpaired) electrons. The van der Waals surface area contributed by atoms with Crippen LogP contribution in [0.5, 0.6) is 11.5 Å². The van der Waals surface area contributed by atoms with Crippen molar-refractivity contribution in [1.29, 1.82) is 0 Å². The zero-order valence-electron chi connectivity index (χ0n) is 17.7. The van der Waals surface area contributed by atoms with Crippen molar-refractivity contribution in [1.82, 2.24) is 15.1 Å². The molecule has 3 fully saturated rings. The van der Waals surface area contributed by atoms with E-state index in [0.29, 0.717) is 25.8 Å². The molecule has 162 valence electrons. The summed E-state index contributed by atoms with van der Waals surface area (Å²) < 4.78 is 11.6. The predicted octanol–water partition coefficient (Wildman–Crippen LogP) is 3.44. The Kier molecular flexibility index (Phi) is 5.09. The van der Waals surface area contributed by atoms with Crippen LogP contribution >= 0.6 is 0 Å². The number of nitrogens with zero attached hydrogens (tertiary/aromatic N) is 2. The minimum absolute atomic E-state index is 0.0382. The second-order valence-corrected chi connectivity index (χ2v) is 9.30. The summed E-state index contributed by atoms with van der Waals surface area (Å²) in [6.07, 6.45) is 6.41. The molecule has 3 amide bonds. The Morgan fingerprint density at radius 3 is 2.63 bits per heavy atom. The summed E-state index contributed by atoms with van der Waals surface area (Å²) in [5.41, 5.74) is 0.485. The number of hydrogen-bond donors (Lipinski definition) is 1. The molecule has 7 nitrogen and oxygen atoms in total. The summed E-state index contributed by atoms with van der Waals surface area (Å²) in [5.74, 6) is 2.17. The fourth-order valence-corrected chi connectivity index (χ4v) is 5.34. The molecular formula is C23H31N3O4. The lowest BCUT2D eigenvalue weighted by Crippen LogP contribution is -2.50. The van der Waals surface area contributed by atoms with Gasteiger partial charge >= 0.3 is 6.03 Å². The van der Waals surface area contributed by atoms with Gasteiger partial charge in [0.05, 0.1) is 19.9 Å². The number of amides is 3. The summed E-state index contributed by atoms with van der Waals surface area (Å²) in [7, 11) is 0. The Balaban J connectivity index is 1.32. The van der Waals surface area contributed by atoms with E-state index < -0.39 is 5.54 Å². The highest BCUT2D eigenvalue weighted by atomic mass is 16.5. The van der Waals surface area contributed by atoms with Gasteiger partial charge in [-0.2, -0.15) is 0 Å². The maximum atomic E-state index is 13.2. The molecule has 1 spiro atoms. The van der Waals surface area contributed by atoms with Crippen LogP contribution in [0.2, 0.25) is 0 Å². The molecule has 1 N–H and O–H groups in total. The van der Waals surface area contributed by atoms with Crippen LogP contribution < -0.4 is 14.8 Å². The highest BCUT2D eigenvalue weighted by molar-refractivity contribution is 6.07. The number of likely N-dealkylation sites (tertiary alicyclic amines) is 1. The van der Waals surface area contributed by atoms with E-state index in [0.717, 1.165) is 68.6 Å². The lowest BCUT2D eigenvalue weighted by Gasteiger charge is -2.34. The average Bonchev–Trinajstić information content (AvgIpc) is 3.19. The number of benzene rings is 1. The lowest BCUT2D eigenvalue weighted by atomic mass is 9.77. The molecule has 0 aromatic heterocycles. The maximum Gasteiger partial charge on any atom is 0.326 e. The number of fused-ring (bicyclic) bond motifs is 1. The van der Waals surface area contributed by atoms with Crippen LogP contribution in [0, 0.1) is 5.92 Å². The third kappa shape index (κ3) is 3.43. The van der Waals surface area contributed by atoms with Gasteiger partial charge < -0.3 is 14.8 Å². The monoisotopic (exact) mass is 413 g/mol. The van der Waals surface area contributed by atoms with Crippen LogP contribution in [-0.4, -0.2) is 53.7 Å². The van der Waals surface area contributed by atoms with Gasteiger partial charge in [0.15, 0.2) is 11.5 Å². The van der Waals surface area contributed by atoms with Crippen molar-refractivity contribution in [2.24, 2.45) is 5.92 Å². The van der Waals surface area contributed by atoms with Gasteiger partial charge in [0.2, 0.25) is 0 Å². The van der Waals surface area contributed by atoms with Crippen LogP contribution in [0.3, 0.4) is 0 Å². The second kappa shape index (κ2) is 7.76. The quantitative estimate of drug-likeness (QED) is 0.769. The Labute approximate surface area is 177 Å². The van der Waals surface area contributed by atoms with E-state index in [1.807, 2.05) is 6.07 Å². The Hall–Kier alpha value is -2.28. The first-order valence-electron chi connectivity index (χ1n) is 11.3. The van der Waals surface area contributed by atoms with Crippen LogP contribution in [-0.2, 0) is 4.79 Å². The number of urea groups is 1. The van der Waals surface area contributed by atoms with E-state index >= 15 is 0 Å². The topological polar surface area (TPSA) is 71.1 Å². The third-order valence-electron chi connectivity index (χ3n) is 7.22. The molecule has 1 aliphatic carbocycles. The van der Waals surface area contributed by atoms with E-state index in [9.17, 15) is 9.59 Å². The number of ether oxygens (including phenoxy) is 2. The van der Waals surface area contributed by atoms with E-state index in [1.165, 1.54) is 4.90 Å². The first kappa shape index (κ1) is 19.7. The number of imide groups is 1. The fourth-order valence-electron chi connectivity index (χ4n) is 5.34. The number of nitrogens with one attached hydrogen (secondary N) is 1. The Bertz CT molecular complexity index is 834. The summed E-state index contributed by atoms with van der Waals surface area (Å²) in [6.45, 7) is 4.78. The normalized spacial score (nSPS) is 31.8.